The number of anilines is 1. The zero-order chi connectivity index (χ0) is 14.5. The SMILES string of the molecule is Nc1cc(Cl)cc(C(=O)NCCC(=O)N2CCCC2)c1. The van der Waals surface area contributed by atoms with Gasteiger partial charge in [0, 0.05) is 42.3 Å². The van der Waals surface area contributed by atoms with Crippen molar-refractivity contribution in [1.29, 1.82) is 0 Å². The number of benzene rings is 1. The predicted molar refractivity (Wildman–Crippen MR) is 78.6 cm³/mol. The third-order valence-corrected chi connectivity index (χ3v) is 3.48. The third-order valence-electron chi connectivity index (χ3n) is 3.27. The maximum absolute atomic E-state index is 11.9. The van der Waals surface area contributed by atoms with E-state index in [1.807, 2.05) is 4.90 Å². The minimum atomic E-state index is -0.270. The lowest BCUT2D eigenvalue weighted by molar-refractivity contribution is -0.129. The topological polar surface area (TPSA) is 75.4 Å². The Labute approximate surface area is 123 Å². The second-order valence-electron chi connectivity index (χ2n) is 4.87. The Hall–Kier alpha value is -1.75. The Bertz CT molecular complexity index is 493. The van der Waals surface area contributed by atoms with Crippen LogP contribution in [0.2, 0.25) is 5.02 Å². The molecule has 0 unspecified atom stereocenters. The summed E-state index contributed by atoms with van der Waals surface area (Å²) in [6, 6.07) is 4.69. The van der Waals surface area contributed by atoms with E-state index in [0.29, 0.717) is 29.2 Å². The first-order valence-electron chi connectivity index (χ1n) is 6.68. The monoisotopic (exact) mass is 295 g/mol. The zero-order valence-corrected chi connectivity index (χ0v) is 11.9. The number of hydrogen-bond acceptors (Lipinski definition) is 3. The average Bonchev–Trinajstić information content (AvgIpc) is 2.91. The number of amides is 2. The Balaban J connectivity index is 1.81. The quantitative estimate of drug-likeness (QED) is 0.830. The maximum atomic E-state index is 11.9. The lowest BCUT2D eigenvalue weighted by atomic mass is 10.2. The van der Waals surface area contributed by atoms with Gasteiger partial charge in [-0.15, -0.1) is 0 Å². The van der Waals surface area contributed by atoms with Crippen LogP contribution >= 0.6 is 11.6 Å². The number of nitrogens with one attached hydrogen (secondary N) is 1. The molecule has 2 amide bonds. The van der Waals surface area contributed by atoms with E-state index in [1.165, 1.54) is 0 Å². The van der Waals surface area contributed by atoms with E-state index in [0.717, 1.165) is 25.9 Å². The summed E-state index contributed by atoms with van der Waals surface area (Å²) in [7, 11) is 0. The maximum Gasteiger partial charge on any atom is 0.251 e. The van der Waals surface area contributed by atoms with Crippen molar-refractivity contribution in [3.8, 4) is 0 Å². The smallest absolute Gasteiger partial charge is 0.251 e. The van der Waals surface area contributed by atoms with E-state index in [1.54, 1.807) is 18.2 Å². The van der Waals surface area contributed by atoms with Crippen molar-refractivity contribution in [3.63, 3.8) is 0 Å². The molecule has 0 bridgehead atoms. The number of hydrogen-bond donors (Lipinski definition) is 2. The molecule has 1 aliphatic rings. The molecule has 1 aromatic rings. The molecule has 1 saturated heterocycles. The molecule has 2 rings (SSSR count). The van der Waals surface area contributed by atoms with Crippen LogP contribution in [0.4, 0.5) is 5.69 Å². The molecule has 0 saturated carbocycles. The molecule has 1 aliphatic heterocycles. The van der Waals surface area contributed by atoms with Crippen molar-refractivity contribution in [2.45, 2.75) is 19.3 Å². The summed E-state index contributed by atoms with van der Waals surface area (Å²) in [5, 5.41) is 3.13. The van der Waals surface area contributed by atoms with Crippen LogP contribution in [-0.4, -0.2) is 36.3 Å². The molecule has 0 radical (unpaired) electrons. The fourth-order valence-corrected chi connectivity index (χ4v) is 2.50. The second-order valence-corrected chi connectivity index (χ2v) is 5.30. The van der Waals surface area contributed by atoms with E-state index < -0.39 is 0 Å². The molecule has 20 heavy (non-hydrogen) atoms. The van der Waals surface area contributed by atoms with Gasteiger partial charge >= 0.3 is 0 Å². The fraction of sp³-hybridized carbons (Fsp3) is 0.429. The molecule has 6 heteroatoms. The summed E-state index contributed by atoms with van der Waals surface area (Å²) in [4.78, 5) is 25.5. The minimum absolute atomic E-state index is 0.0911. The van der Waals surface area contributed by atoms with E-state index in [9.17, 15) is 9.59 Å². The Morgan fingerprint density at radius 1 is 1.25 bits per heavy atom. The summed E-state index contributed by atoms with van der Waals surface area (Å²) < 4.78 is 0. The molecule has 1 heterocycles. The van der Waals surface area contributed by atoms with Gasteiger partial charge in [-0.25, -0.2) is 0 Å². The Kier molecular flexibility index (Phi) is 4.84. The highest BCUT2D eigenvalue weighted by Crippen LogP contribution is 2.16. The van der Waals surface area contributed by atoms with Crippen LogP contribution in [0, 0.1) is 0 Å². The number of halogens is 1. The summed E-state index contributed by atoms with van der Waals surface area (Å²) >= 11 is 5.84. The highest BCUT2D eigenvalue weighted by atomic mass is 35.5. The van der Waals surface area contributed by atoms with Crippen LogP contribution in [0.5, 0.6) is 0 Å². The van der Waals surface area contributed by atoms with Crippen LogP contribution in [0.3, 0.4) is 0 Å². The largest absolute Gasteiger partial charge is 0.399 e. The van der Waals surface area contributed by atoms with Crippen LogP contribution in [0.1, 0.15) is 29.6 Å². The molecule has 1 fully saturated rings. The standard InChI is InChI=1S/C14H18ClN3O2/c15-11-7-10(8-12(16)9-11)14(20)17-4-3-13(19)18-5-1-2-6-18/h7-9H,1-6,16H2,(H,17,20). The Morgan fingerprint density at radius 2 is 1.95 bits per heavy atom. The number of carbonyl (C=O) groups is 2. The van der Waals surface area contributed by atoms with Gasteiger partial charge in [-0.2, -0.15) is 0 Å². The first-order valence-corrected chi connectivity index (χ1v) is 7.06. The Morgan fingerprint density at radius 3 is 2.60 bits per heavy atom. The van der Waals surface area contributed by atoms with Crippen molar-refractivity contribution >= 4 is 29.1 Å². The molecular formula is C14H18ClN3O2. The van der Waals surface area contributed by atoms with Crippen molar-refractivity contribution in [2.75, 3.05) is 25.4 Å². The molecular weight excluding hydrogens is 278 g/mol. The molecule has 0 aliphatic carbocycles. The molecule has 5 nitrogen and oxygen atoms in total. The van der Waals surface area contributed by atoms with Crippen LogP contribution < -0.4 is 11.1 Å². The zero-order valence-electron chi connectivity index (χ0n) is 11.2. The average molecular weight is 296 g/mol. The number of nitrogens with zero attached hydrogens (tertiary/aromatic N) is 1. The second kappa shape index (κ2) is 6.61. The number of likely N-dealkylation sites (tertiary alicyclic amines) is 1. The molecule has 3 N–H and O–H groups in total. The first-order chi connectivity index (χ1) is 9.56. The highest BCUT2D eigenvalue weighted by molar-refractivity contribution is 6.31. The van der Waals surface area contributed by atoms with Crippen molar-refractivity contribution < 1.29 is 9.59 Å². The number of rotatable bonds is 4. The van der Waals surface area contributed by atoms with Crippen LogP contribution in [0.25, 0.3) is 0 Å². The van der Waals surface area contributed by atoms with E-state index in [4.69, 9.17) is 17.3 Å². The molecule has 108 valence electrons. The van der Waals surface area contributed by atoms with Gasteiger partial charge < -0.3 is 16.0 Å². The number of nitrogen functional groups attached to an aromatic ring is 1. The van der Waals surface area contributed by atoms with Crippen LogP contribution in [-0.2, 0) is 4.79 Å². The number of carbonyl (C=O) groups excluding carboxylic acids is 2. The van der Waals surface area contributed by atoms with Gasteiger partial charge in [-0.05, 0) is 31.0 Å². The van der Waals surface area contributed by atoms with Gasteiger partial charge in [0.15, 0.2) is 0 Å². The van der Waals surface area contributed by atoms with Crippen molar-refractivity contribution in [1.82, 2.24) is 10.2 Å². The van der Waals surface area contributed by atoms with Crippen molar-refractivity contribution in [3.05, 3.63) is 28.8 Å². The van der Waals surface area contributed by atoms with Gasteiger partial charge in [-0.3, -0.25) is 9.59 Å². The molecule has 1 aromatic carbocycles. The van der Waals surface area contributed by atoms with Gasteiger partial charge in [0.1, 0.15) is 0 Å². The molecule has 0 spiro atoms. The summed E-state index contributed by atoms with van der Waals surface area (Å²) in [6.45, 7) is 1.98. The first kappa shape index (κ1) is 14.7. The normalized spacial score (nSPS) is 14.3. The van der Waals surface area contributed by atoms with Gasteiger partial charge in [0.05, 0.1) is 0 Å². The number of nitrogens with two attached hydrogens (primary N) is 1. The van der Waals surface area contributed by atoms with Crippen molar-refractivity contribution in [2.24, 2.45) is 0 Å². The lowest BCUT2D eigenvalue weighted by Crippen LogP contribution is -2.32. The molecule has 0 aromatic heterocycles. The van der Waals surface area contributed by atoms with Crippen LogP contribution in [0.15, 0.2) is 18.2 Å². The summed E-state index contributed by atoms with van der Waals surface area (Å²) in [5.74, 6) is -0.179. The minimum Gasteiger partial charge on any atom is -0.399 e. The lowest BCUT2D eigenvalue weighted by Gasteiger charge is -2.15. The highest BCUT2D eigenvalue weighted by Gasteiger charge is 2.17. The fourth-order valence-electron chi connectivity index (χ4n) is 2.25. The summed E-state index contributed by atoms with van der Waals surface area (Å²) in [5.41, 5.74) is 6.48. The summed E-state index contributed by atoms with van der Waals surface area (Å²) in [6.07, 6.45) is 2.46. The van der Waals surface area contributed by atoms with E-state index in [-0.39, 0.29) is 11.8 Å². The van der Waals surface area contributed by atoms with Gasteiger partial charge in [0.2, 0.25) is 5.91 Å². The van der Waals surface area contributed by atoms with Gasteiger partial charge in [0.25, 0.3) is 5.91 Å². The van der Waals surface area contributed by atoms with E-state index >= 15 is 0 Å². The molecule has 0 atom stereocenters. The predicted octanol–water partition coefficient (Wildman–Crippen LogP) is 1.66. The third kappa shape index (κ3) is 3.87. The van der Waals surface area contributed by atoms with E-state index in [2.05, 4.69) is 5.32 Å². The van der Waals surface area contributed by atoms with Gasteiger partial charge in [-0.1, -0.05) is 11.6 Å².